The number of nitrogens with zero attached hydrogens (tertiary/aromatic N) is 4. The number of aryl methyl sites for hydroxylation is 1. The van der Waals surface area contributed by atoms with Crippen LogP contribution >= 0.6 is 0 Å². The number of rotatable bonds is 2. The van der Waals surface area contributed by atoms with E-state index in [9.17, 15) is 0 Å². The van der Waals surface area contributed by atoms with Crippen LogP contribution in [0.1, 0.15) is 29.6 Å². The summed E-state index contributed by atoms with van der Waals surface area (Å²) in [5.41, 5.74) is 2.06. The van der Waals surface area contributed by atoms with Crippen LogP contribution < -0.4 is 0 Å². The second kappa shape index (κ2) is 4.58. The Labute approximate surface area is 95.9 Å². The summed E-state index contributed by atoms with van der Waals surface area (Å²) in [5, 5.41) is 8.67. The minimum Gasteiger partial charge on any atom is -0.306 e. The van der Waals surface area contributed by atoms with Gasteiger partial charge in [0.2, 0.25) is 0 Å². The molecule has 1 aliphatic heterocycles. The van der Waals surface area contributed by atoms with Crippen LogP contribution in [0.4, 0.5) is 0 Å². The predicted molar refractivity (Wildman–Crippen MR) is 60.9 cm³/mol. The molecule has 1 aliphatic rings. The van der Waals surface area contributed by atoms with Gasteiger partial charge in [0.25, 0.3) is 0 Å². The lowest BCUT2D eigenvalue weighted by Gasteiger charge is -2.11. The first kappa shape index (κ1) is 11.0. The molecule has 0 radical (unpaired) electrons. The molecule has 1 fully saturated rings. The Bertz CT molecular complexity index is 422. The summed E-state index contributed by atoms with van der Waals surface area (Å²) in [5.74, 6) is 1.16. The largest absolute Gasteiger partial charge is 0.306 e. The van der Waals surface area contributed by atoms with Crippen molar-refractivity contribution in [1.82, 2.24) is 14.9 Å². The number of hydrogen-bond donors (Lipinski definition) is 0. The summed E-state index contributed by atoms with van der Waals surface area (Å²) in [6.45, 7) is 4.15. The third kappa shape index (κ3) is 2.37. The van der Waals surface area contributed by atoms with Crippen molar-refractivity contribution in [2.45, 2.75) is 25.7 Å². The van der Waals surface area contributed by atoms with Crippen LogP contribution in [0.2, 0.25) is 0 Å². The first-order valence-corrected chi connectivity index (χ1v) is 5.59. The number of likely N-dealkylation sites (N-methyl/N-ethyl adjacent to an activating group) is 1. The van der Waals surface area contributed by atoms with Crippen LogP contribution in [0.15, 0.2) is 6.07 Å². The summed E-state index contributed by atoms with van der Waals surface area (Å²) < 4.78 is 0. The second-order valence-electron chi connectivity index (χ2n) is 4.43. The molecular formula is C12H16N4. The van der Waals surface area contributed by atoms with Gasteiger partial charge in [0.1, 0.15) is 5.82 Å². The number of hydrogen-bond acceptors (Lipinski definition) is 4. The molecule has 0 N–H and O–H groups in total. The molecule has 1 atom stereocenters. The molecule has 2 heterocycles. The fraction of sp³-hybridized carbons (Fsp3) is 0.583. The van der Waals surface area contributed by atoms with Crippen LogP contribution in [0.5, 0.6) is 0 Å². The van der Waals surface area contributed by atoms with E-state index in [1.54, 1.807) is 0 Å². The van der Waals surface area contributed by atoms with Gasteiger partial charge in [0.05, 0.1) is 12.5 Å². The Morgan fingerprint density at radius 1 is 1.56 bits per heavy atom. The van der Waals surface area contributed by atoms with Crippen LogP contribution in [0.25, 0.3) is 0 Å². The van der Waals surface area contributed by atoms with Crippen molar-refractivity contribution < 1.29 is 0 Å². The Hall–Kier alpha value is -1.47. The van der Waals surface area contributed by atoms with Gasteiger partial charge < -0.3 is 4.90 Å². The highest BCUT2D eigenvalue weighted by Gasteiger charge is 2.22. The zero-order valence-electron chi connectivity index (χ0n) is 9.77. The van der Waals surface area contributed by atoms with Crippen molar-refractivity contribution in [3.8, 4) is 6.07 Å². The molecule has 0 aliphatic carbocycles. The molecule has 1 saturated heterocycles. The maximum absolute atomic E-state index is 8.67. The summed E-state index contributed by atoms with van der Waals surface area (Å²) in [6, 6.07) is 4.15. The maximum Gasteiger partial charge on any atom is 0.142 e. The molecule has 0 saturated carbocycles. The standard InChI is InChI=1S/C12H16N4/c1-9-7-11(10-4-6-16(2)8-10)15-12(14-9)3-5-13/h7,10H,3-4,6,8H2,1-2H3. The highest BCUT2D eigenvalue weighted by molar-refractivity contribution is 5.17. The summed E-state index contributed by atoms with van der Waals surface area (Å²) >= 11 is 0. The average molecular weight is 216 g/mol. The van der Waals surface area contributed by atoms with Crippen LogP contribution in [0.3, 0.4) is 0 Å². The van der Waals surface area contributed by atoms with Crippen molar-refractivity contribution in [2.24, 2.45) is 0 Å². The summed E-state index contributed by atoms with van der Waals surface area (Å²) in [4.78, 5) is 11.1. The highest BCUT2D eigenvalue weighted by Crippen LogP contribution is 2.24. The van der Waals surface area contributed by atoms with E-state index in [4.69, 9.17) is 5.26 Å². The third-order valence-electron chi connectivity index (χ3n) is 2.97. The average Bonchev–Trinajstić information content (AvgIpc) is 2.64. The van der Waals surface area contributed by atoms with E-state index in [1.807, 2.05) is 13.0 Å². The van der Waals surface area contributed by atoms with Gasteiger partial charge in [-0.1, -0.05) is 0 Å². The lowest BCUT2D eigenvalue weighted by molar-refractivity contribution is 0.410. The van der Waals surface area contributed by atoms with Crippen molar-refractivity contribution >= 4 is 0 Å². The van der Waals surface area contributed by atoms with Crippen molar-refractivity contribution in [1.29, 1.82) is 5.26 Å². The molecule has 1 aromatic rings. The maximum atomic E-state index is 8.67. The normalized spacial score (nSPS) is 20.9. The molecule has 1 aromatic heterocycles. The highest BCUT2D eigenvalue weighted by atomic mass is 15.1. The topological polar surface area (TPSA) is 52.8 Å². The van der Waals surface area contributed by atoms with E-state index in [0.717, 1.165) is 30.9 Å². The monoisotopic (exact) mass is 216 g/mol. The molecule has 16 heavy (non-hydrogen) atoms. The Balaban J connectivity index is 2.24. The first-order valence-electron chi connectivity index (χ1n) is 5.59. The Morgan fingerprint density at radius 2 is 2.38 bits per heavy atom. The molecule has 84 valence electrons. The van der Waals surface area contributed by atoms with E-state index in [-0.39, 0.29) is 0 Å². The minimum atomic E-state index is 0.303. The van der Waals surface area contributed by atoms with E-state index < -0.39 is 0 Å². The third-order valence-corrected chi connectivity index (χ3v) is 2.97. The number of aromatic nitrogens is 2. The molecule has 4 heteroatoms. The van der Waals surface area contributed by atoms with Crippen LogP contribution in [-0.4, -0.2) is 35.0 Å². The zero-order chi connectivity index (χ0) is 11.5. The first-order chi connectivity index (χ1) is 7.69. The smallest absolute Gasteiger partial charge is 0.142 e. The molecule has 2 rings (SSSR count). The van der Waals surface area contributed by atoms with E-state index in [0.29, 0.717) is 18.2 Å². The molecule has 0 spiro atoms. The lowest BCUT2D eigenvalue weighted by Crippen LogP contribution is -2.14. The van der Waals surface area contributed by atoms with Gasteiger partial charge >= 0.3 is 0 Å². The van der Waals surface area contributed by atoms with Gasteiger partial charge in [-0.15, -0.1) is 0 Å². The SMILES string of the molecule is Cc1cc(C2CCN(C)C2)nc(CC#N)n1. The number of nitriles is 1. The molecule has 0 aromatic carbocycles. The summed E-state index contributed by atoms with van der Waals surface area (Å²) in [7, 11) is 2.13. The molecular weight excluding hydrogens is 200 g/mol. The quantitative estimate of drug-likeness (QED) is 0.747. The van der Waals surface area contributed by atoms with Gasteiger partial charge in [-0.05, 0) is 33.0 Å². The Morgan fingerprint density at radius 3 is 3.00 bits per heavy atom. The molecule has 0 amide bonds. The van der Waals surface area contributed by atoms with Gasteiger partial charge in [-0.2, -0.15) is 5.26 Å². The fourth-order valence-electron chi connectivity index (χ4n) is 2.19. The van der Waals surface area contributed by atoms with Crippen molar-refractivity contribution in [3.63, 3.8) is 0 Å². The fourth-order valence-corrected chi connectivity index (χ4v) is 2.19. The van der Waals surface area contributed by atoms with Gasteiger partial charge in [-0.3, -0.25) is 0 Å². The molecule has 4 nitrogen and oxygen atoms in total. The van der Waals surface area contributed by atoms with E-state index >= 15 is 0 Å². The molecule has 0 bridgehead atoms. The molecule has 1 unspecified atom stereocenters. The predicted octanol–water partition coefficient (Wildman–Crippen LogP) is 1.27. The summed E-state index contributed by atoms with van der Waals surface area (Å²) in [6.07, 6.45) is 1.45. The van der Waals surface area contributed by atoms with Crippen LogP contribution in [0, 0.1) is 18.3 Å². The lowest BCUT2D eigenvalue weighted by atomic mass is 10.0. The number of likely N-dealkylation sites (tertiary alicyclic amines) is 1. The van der Waals surface area contributed by atoms with Gasteiger partial charge in [0.15, 0.2) is 0 Å². The zero-order valence-corrected chi connectivity index (χ0v) is 9.77. The second-order valence-corrected chi connectivity index (χ2v) is 4.43. The van der Waals surface area contributed by atoms with Crippen molar-refractivity contribution in [3.05, 3.63) is 23.3 Å². The van der Waals surface area contributed by atoms with E-state index in [2.05, 4.69) is 28.0 Å². The minimum absolute atomic E-state index is 0.303. The van der Waals surface area contributed by atoms with Crippen molar-refractivity contribution in [2.75, 3.05) is 20.1 Å². The van der Waals surface area contributed by atoms with Gasteiger partial charge in [-0.25, -0.2) is 9.97 Å². The van der Waals surface area contributed by atoms with Gasteiger partial charge in [0, 0.05) is 23.9 Å². The van der Waals surface area contributed by atoms with Crippen LogP contribution in [-0.2, 0) is 6.42 Å². The Kier molecular flexibility index (Phi) is 3.16. The van der Waals surface area contributed by atoms with E-state index in [1.165, 1.54) is 0 Å².